The number of thiazole rings is 1. The zero-order chi connectivity index (χ0) is 24.6. The summed E-state index contributed by atoms with van der Waals surface area (Å²) in [7, 11) is 0. The van der Waals surface area contributed by atoms with Gasteiger partial charge in [-0.2, -0.15) is 0 Å². The van der Waals surface area contributed by atoms with Crippen molar-refractivity contribution in [3.05, 3.63) is 42.1 Å². The molecule has 0 spiro atoms. The van der Waals surface area contributed by atoms with Crippen molar-refractivity contribution in [2.45, 2.75) is 57.7 Å². The monoisotopic (exact) mass is 493 g/mol. The number of fused-ring (bicyclic) bond motifs is 6. The number of nitrogens with one attached hydrogen (secondary N) is 1. The number of ketones is 2. The minimum Gasteiger partial charge on any atom is -0.393 e. The number of nitrogens with zero attached hydrogens (tertiary/aromatic N) is 2. The Morgan fingerprint density at radius 3 is 2.94 bits per heavy atom. The van der Waals surface area contributed by atoms with Gasteiger partial charge in [0.1, 0.15) is 15.9 Å². The number of aromatic nitrogens is 2. The molecule has 3 fully saturated rings. The second-order valence-corrected chi connectivity index (χ2v) is 12.2. The minimum absolute atomic E-state index is 0.0156. The van der Waals surface area contributed by atoms with Gasteiger partial charge in [0.15, 0.2) is 16.7 Å². The van der Waals surface area contributed by atoms with Crippen LogP contribution in [-0.4, -0.2) is 50.0 Å². The van der Waals surface area contributed by atoms with Crippen LogP contribution in [-0.2, 0) is 9.59 Å². The average molecular weight is 494 g/mol. The van der Waals surface area contributed by atoms with Crippen LogP contribution in [0.2, 0.25) is 0 Å². The Balaban J connectivity index is 1.25. The molecule has 6 unspecified atom stereocenters. The van der Waals surface area contributed by atoms with Crippen LogP contribution in [0.5, 0.6) is 0 Å². The van der Waals surface area contributed by atoms with Gasteiger partial charge in [-0.05, 0) is 68.2 Å². The smallest absolute Gasteiger partial charge is 0.185 e. The van der Waals surface area contributed by atoms with Crippen molar-refractivity contribution >= 4 is 38.4 Å². The summed E-state index contributed by atoms with van der Waals surface area (Å²) < 4.78 is 0. The summed E-state index contributed by atoms with van der Waals surface area (Å²) in [5, 5.41) is 27.1. The summed E-state index contributed by atoms with van der Waals surface area (Å²) in [5.41, 5.74) is -0.676. The molecule has 2 aromatic heterocycles. The normalized spacial score (nSPS) is 40.1. The molecule has 7 atom stereocenters. The van der Waals surface area contributed by atoms with E-state index in [4.69, 9.17) is 0 Å². The quantitative estimate of drug-likeness (QED) is 0.596. The number of aliphatic hydroxyl groups is 2. The number of hydrogen-bond donors (Lipinski definition) is 3. The van der Waals surface area contributed by atoms with E-state index in [0.717, 1.165) is 35.2 Å². The van der Waals surface area contributed by atoms with Crippen LogP contribution in [0.25, 0.3) is 10.3 Å². The first-order chi connectivity index (χ1) is 16.7. The second-order valence-electron chi connectivity index (χ2n) is 11.2. The molecule has 0 saturated heterocycles. The second kappa shape index (κ2) is 7.79. The lowest BCUT2D eigenvalue weighted by Gasteiger charge is -2.59. The summed E-state index contributed by atoms with van der Waals surface area (Å²) >= 11 is 1.39. The van der Waals surface area contributed by atoms with Crippen molar-refractivity contribution in [2.24, 2.45) is 28.6 Å². The van der Waals surface area contributed by atoms with Crippen LogP contribution < -0.4 is 5.32 Å². The predicted octanol–water partition coefficient (Wildman–Crippen LogP) is 3.68. The van der Waals surface area contributed by atoms with E-state index in [1.807, 2.05) is 25.1 Å². The van der Waals surface area contributed by atoms with E-state index >= 15 is 0 Å². The number of Topliss-reactive ketones (excluding diaryl/α,β-unsaturated/α-hetero) is 1. The lowest BCUT2D eigenvalue weighted by Crippen LogP contribution is -2.62. The number of rotatable bonds is 4. The fourth-order valence-corrected chi connectivity index (χ4v) is 8.74. The number of pyridine rings is 1. The van der Waals surface area contributed by atoms with E-state index in [1.54, 1.807) is 18.3 Å². The molecule has 6 rings (SSSR count). The number of carbonyl (C=O) groups is 2. The zero-order valence-electron chi connectivity index (χ0n) is 20.0. The standard InChI is InChI=1S/C27H31N3O4S/c1-25-9-7-16(31)12-15(25)5-6-17-18-8-10-27(34,26(18,2)13-20(32)22(17)25)21(33)14-29-24-30-19-4-3-11-28-23(19)35-24/h3-4,7,9,11-12,17-18,20,22,32,34H,5-6,8,10,13-14H2,1-2H3,(H,29,30)/t17?,18?,20?,22?,25?,26?,27-/m0/s1. The number of carbonyl (C=O) groups excluding carboxylic acids is 2. The van der Waals surface area contributed by atoms with Gasteiger partial charge in [-0.15, -0.1) is 0 Å². The maximum atomic E-state index is 13.5. The molecular weight excluding hydrogens is 462 g/mol. The van der Waals surface area contributed by atoms with Gasteiger partial charge in [0, 0.05) is 22.9 Å². The molecule has 0 radical (unpaired) electrons. The molecule has 4 aliphatic carbocycles. The van der Waals surface area contributed by atoms with E-state index in [1.165, 1.54) is 11.3 Å². The van der Waals surface area contributed by atoms with Gasteiger partial charge in [0.25, 0.3) is 0 Å². The molecule has 0 bridgehead atoms. The topological polar surface area (TPSA) is 112 Å². The third kappa shape index (κ3) is 3.22. The highest BCUT2D eigenvalue weighted by molar-refractivity contribution is 7.21. The Morgan fingerprint density at radius 1 is 1.31 bits per heavy atom. The summed E-state index contributed by atoms with van der Waals surface area (Å²) in [5.74, 6) is 0.0833. The Bertz CT molecular complexity index is 1250. The Labute approximate surface area is 208 Å². The Hall–Kier alpha value is -2.42. The van der Waals surface area contributed by atoms with Crippen LogP contribution in [0.4, 0.5) is 5.13 Å². The van der Waals surface area contributed by atoms with Crippen LogP contribution in [0, 0.1) is 28.6 Å². The van der Waals surface area contributed by atoms with Gasteiger partial charge in [0.2, 0.25) is 0 Å². The van der Waals surface area contributed by atoms with Crippen molar-refractivity contribution in [2.75, 3.05) is 11.9 Å². The highest BCUT2D eigenvalue weighted by Gasteiger charge is 2.68. The van der Waals surface area contributed by atoms with Crippen molar-refractivity contribution in [1.82, 2.24) is 9.97 Å². The first-order valence-corrected chi connectivity index (χ1v) is 13.3. The van der Waals surface area contributed by atoms with Crippen molar-refractivity contribution in [3.8, 4) is 0 Å². The summed E-state index contributed by atoms with van der Waals surface area (Å²) in [6, 6.07) is 3.71. The van der Waals surface area contributed by atoms with Crippen LogP contribution >= 0.6 is 11.3 Å². The van der Waals surface area contributed by atoms with Gasteiger partial charge >= 0.3 is 0 Å². The number of aliphatic hydroxyl groups excluding tert-OH is 1. The molecule has 8 heteroatoms. The molecule has 3 N–H and O–H groups in total. The van der Waals surface area contributed by atoms with Gasteiger partial charge in [-0.25, -0.2) is 9.97 Å². The Kier molecular flexibility index (Phi) is 5.12. The number of anilines is 1. The SMILES string of the molecule is CC12C=CC(=O)C=C1CCC1C2C(O)CC2(C)C1CC[C@]2(O)C(=O)CNc1nc2cccnc2s1. The maximum Gasteiger partial charge on any atom is 0.185 e. The van der Waals surface area contributed by atoms with Gasteiger partial charge in [-0.1, -0.05) is 36.8 Å². The first kappa shape index (κ1) is 23.0. The molecule has 7 nitrogen and oxygen atoms in total. The fraction of sp³-hybridized carbons (Fsp3) is 0.556. The van der Waals surface area contributed by atoms with Crippen LogP contribution in [0.1, 0.15) is 46.0 Å². The summed E-state index contributed by atoms with van der Waals surface area (Å²) in [6.45, 7) is 4.11. The Morgan fingerprint density at radius 2 is 2.14 bits per heavy atom. The van der Waals surface area contributed by atoms with Crippen molar-refractivity contribution in [1.29, 1.82) is 0 Å². The predicted molar refractivity (Wildman–Crippen MR) is 134 cm³/mol. The van der Waals surface area contributed by atoms with E-state index in [2.05, 4.69) is 22.2 Å². The molecule has 2 heterocycles. The van der Waals surface area contributed by atoms with Crippen LogP contribution in [0.3, 0.4) is 0 Å². The van der Waals surface area contributed by atoms with Crippen molar-refractivity contribution in [3.63, 3.8) is 0 Å². The highest BCUT2D eigenvalue weighted by atomic mass is 32.1. The largest absolute Gasteiger partial charge is 0.393 e. The zero-order valence-corrected chi connectivity index (χ0v) is 20.8. The molecular formula is C27H31N3O4S. The third-order valence-corrected chi connectivity index (χ3v) is 10.6. The molecule has 184 valence electrons. The molecule has 2 aromatic rings. The highest BCUT2D eigenvalue weighted by Crippen LogP contribution is 2.67. The maximum absolute atomic E-state index is 13.5. The summed E-state index contributed by atoms with van der Waals surface area (Å²) in [6.07, 6.45) is 9.62. The number of hydrogen-bond acceptors (Lipinski definition) is 8. The molecule has 0 amide bonds. The van der Waals surface area contributed by atoms with E-state index in [0.29, 0.717) is 18.0 Å². The molecule has 3 saturated carbocycles. The van der Waals surface area contributed by atoms with Crippen LogP contribution in [0.15, 0.2) is 42.1 Å². The lowest BCUT2D eigenvalue weighted by atomic mass is 9.46. The number of allylic oxidation sites excluding steroid dienone is 4. The van der Waals surface area contributed by atoms with E-state index in [-0.39, 0.29) is 41.3 Å². The fourth-order valence-electron chi connectivity index (χ4n) is 7.94. The first-order valence-electron chi connectivity index (χ1n) is 12.5. The average Bonchev–Trinajstić information content (AvgIpc) is 3.36. The summed E-state index contributed by atoms with van der Waals surface area (Å²) in [4.78, 5) is 35.1. The van der Waals surface area contributed by atoms with E-state index < -0.39 is 17.1 Å². The third-order valence-electron chi connectivity index (χ3n) is 9.68. The van der Waals surface area contributed by atoms with E-state index in [9.17, 15) is 19.8 Å². The molecule has 0 aromatic carbocycles. The molecule has 0 aliphatic heterocycles. The molecule has 35 heavy (non-hydrogen) atoms. The lowest BCUT2D eigenvalue weighted by molar-refractivity contribution is -0.175. The minimum atomic E-state index is -1.50. The molecule has 4 aliphatic rings. The van der Waals surface area contributed by atoms with Gasteiger partial charge < -0.3 is 15.5 Å². The van der Waals surface area contributed by atoms with Crippen molar-refractivity contribution < 1.29 is 19.8 Å². The van der Waals surface area contributed by atoms with Gasteiger partial charge in [0.05, 0.1) is 12.6 Å². The van der Waals surface area contributed by atoms with Gasteiger partial charge in [-0.3, -0.25) is 9.59 Å².